The summed E-state index contributed by atoms with van der Waals surface area (Å²) >= 11 is 0. The fourth-order valence-electron chi connectivity index (χ4n) is 8.30. The van der Waals surface area contributed by atoms with E-state index in [1.807, 2.05) is 0 Å². The lowest BCUT2D eigenvalue weighted by Gasteiger charge is -2.42. The average molecular weight is 997 g/mol. The monoisotopic (exact) mass is 997 g/mol. The van der Waals surface area contributed by atoms with Gasteiger partial charge in [-0.2, -0.15) is 0 Å². The van der Waals surface area contributed by atoms with Gasteiger partial charge in [-0.05, 0) is 70.6 Å². The number of rotatable bonds is 42. The number of esters is 2. The number of carbonyl (C=O) groups excluding carboxylic acids is 2. The summed E-state index contributed by atoms with van der Waals surface area (Å²) in [6.07, 6.45) is 29.8. The second kappa shape index (κ2) is 41.9. The molecule has 2 heterocycles. The first-order valence-electron chi connectivity index (χ1n) is 27.2. The summed E-state index contributed by atoms with van der Waals surface area (Å²) in [5.41, 5.74) is 0. The van der Waals surface area contributed by atoms with Gasteiger partial charge >= 0.3 is 11.9 Å². The summed E-state index contributed by atoms with van der Waals surface area (Å²) in [6, 6.07) is 0. The number of hydrogen-bond acceptors (Lipinski definition) is 15. The summed E-state index contributed by atoms with van der Waals surface area (Å²) in [5.74, 6) is -0.946. The van der Waals surface area contributed by atoms with E-state index in [0.29, 0.717) is 12.8 Å². The molecule has 0 radical (unpaired) electrons. The van der Waals surface area contributed by atoms with Crippen LogP contribution in [0.15, 0.2) is 48.6 Å². The SMILES string of the molecule is CCCCC/C=C/C/C=C/CCCCCCCCCCCC(=O)OC[C@@H](CO[C@@H]1O[C@H](CO[C@@H]2O[C@H](CO)[C@H](O)C(O)C2O)[C@H](O)C(O)C1O)OC(=O)CCCCCCC/C=C/C=C/CCCCCC. The fourth-order valence-corrected chi connectivity index (χ4v) is 8.30. The zero-order valence-electron chi connectivity index (χ0n) is 43.0. The lowest BCUT2D eigenvalue weighted by Crippen LogP contribution is -2.61. The van der Waals surface area contributed by atoms with Crippen molar-refractivity contribution in [1.82, 2.24) is 0 Å². The Morgan fingerprint density at radius 3 is 1.44 bits per heavy atom. The first-order chi connectivity index (χ1) is 34.0. The molecule has 2 saturated heterocycles. The number of hydrogen-bond donors (Lipinski definition) is 7. The van der Waals surface area contributed by atoms with Gasteiger partial charge < -0.3 is 64.2 Å². The third-order valence-electron chi connectivity index (χ3n) is 12.8. The number of aliphatic hydroxyl groups is 7. The van der Waals surface area contributed by atoms with Gasteiger partial charge in [-0.25, -0.2) is 0 Å². The number of carbonyl (C=O) groups is 2. The topological polar surface area (TPSA) is 231 Å². The van der Waals surface area contributed by atoms with Crippen LogP contribution in [0.4, 0.5) is 0 Å². The Kier molecular flexibility index (Phi) is 38.0. The first-order valence-corrected chi connectivity index (χ1v) is 27.2. The molecule has 0 aromatic carbocycles. The first kappa shape index (κ1) is 63.6. The Bertz CT molecular complexity index is 1400. The van der Waals surface area contributed by atoms with Crippen molar-refractivity contribution in [2.24, 2.45) is 0 Å². The molecule has 0 aromatic rings. The molecule has 0 aliphatic carbocycles. The van der Waals surface area contributed by atoms with Gasteiger partial charge in [-0.1, -0.05) is 159 Å². The molecule has 7 N–H and O–H groups in total. The van der Waals surface area contributed by atoms with Crippen molar-refractivity contribution in [2.45, 2.75) is 261 Å². The maximum atomic E-state index is 13.0. The van der Waals surface area contributed by atoms with Crippen LogP contribution < -0.4 is 0 Å². The van der Waals surface area contributed by atoms with Gasteiger partial charge in [0.25, 0.3) is 0 Å². The van der Waals surface area contributed by atoms with E-state index < -0.39 is 92.7 Å². The smallest absolute Gasteiger partial charge is 0.306 e. The van der Waals surface area contributed by atoms with Crippen LogP contribution >= 0.6 is 0 Å². The maximum Gasteiger partial charge on any atom is 0.306 e. The van der Waals surface area contributed by atoms with Crippen molar-refractivity contribution in [3.05, 3.63) is 48.6 Å². The van der Waals surface area contributed by atoms with E-state index in [1.54, 1.807) is 0 Å². The minimum atomic E-state index is -1.77. The van der Waals surface area contributed by atoms with E-state index in [9.17, 15) is 45.3 Å². The van der Waals surface area contributed by atoms with Gasteiger partial charge in [-0.15, -0.1) is 0 Å². The van der Waals surface area contributed by atoms with Crippen molar-refractivity contribution in [3.8, 4) is 0 Å². The van der Waals surface area contributed by atoms with E-state index in [1.165, 1.54) is 83.5 Å². The molecule has 0 aromatic heterocycles. The highest BCUT2D eigenvalue weighted by Crippen LogP contribution is 2.26. The van der Waals surface area contributed by atoms with E-state index in [-0.39, 0.29) is 26.1 Å². The second-order valence-electron chi connectivity index (χ2n) is 19.1. The van der Waals surface area contributed by atoms with E-state index in [0.717, 1.165) is 70.6 Å². The number of ether oxygens (including phenoxy) is 6. The number of aliphatic hydroxyl groups excluding tert-OH is 7. The van der Waals surface area contributed by atoms with Crippen LogP contribution in [-0.2, 0) is 38.0 Å². The normalized spacial score (nSPS) is 25.7. The molecular formula is C55H96O15. The Balaban J connectivity index is 1.79. The summed E-state index contributed by atoms with van der Waals surface area (Å²) in [5, 5.41) is 72.2. The molecule has 2 fully saturated rings. The molecule has 0 amide bonds. The lowest BCUT2D eigenvalue weighted by atomic mass is 9.98. The molecule has 0 saturated carbocycles. The summed E-state index contributed by atoms with van der Waals surface area (Å²) in [6.45, 7) is 2.53. The standard InChI is InChI=1S/C55H96O15/c1-3-5-7-9-11-13-15-17-19-20-21-22-24-25-27-29-31-33-35-37-46(57)65-40-43(68-47(58)38-36-34-32-30-28-26-23-18-16-14-12-10-8-6-4-2)41-66-54-53(64)51(62)49(60)45(70-54)42-67-55-52(63)50(61)48(59)44(39-56)69-55/h11,13-14,16-19,23,43-45,48-56,59-64H,3-10,12,15,20-22,24-42H2,1-2H3/b13-11+,16-14+,19-17+,23-18+/t43-,44+,45+,48-,49-,50?,51?,52?,53?,54+,55+/m0/s1. The van der Waals surface area contributed by atoms with Crippen LogP contribution in [0.5, 0.6) is 0 Å². The van der Waals surface area contributed by atoms with Crippen LogP contribution in [0.3, 0.4) is 0 Å². The van der Waals surface area contributed by atoms with Gasteiger partial charge in [0.1, 0.15) is 55.4 Å². The predicted octanol–water partition coefficient (Wildman–Crippen LogP) is 8.27. The lowest BCUT2D eigenvalue weighted by molar-refractivity contribution is -0.332. The number of unbranched alkanes of at least 4 members (excludes halogenated alkanes) is 21. The van der Waals surface area contributed by atoms with E-state index in [4.69, 9.17) is 28.4 Å². The zero-order valence-corrected chi connectivity index (χ0v) is 43.0. The van der Waals surface area contributed by atoms with Crippen molar-refractivity contribution in [2.75, 3.05) is 26.4 Å². The highest BCUT2D eigenvalue weighted by Gasteiger charge is 2.47. The molecule has 4 unspecified atom stereocenters. The van der Waals surface area contributed by atoms with Gasteiger partial charge in [0, 0.05) is 12.8 Å². The van der Waals surface area contributed by atoms with Gasteiger partial charge in [0.15, 0.2) is 18.7 Å². The molecule has 70 heavy (non-hydrogen) atoms. The number of allylic oxidation sites excluding steroid dienone is 8. The molecule has 2 rings (SSSR count). The molecule has 406 valence electrons. The zero-order chi connectivity index (χ0) is 51.0. The molecule has 15 heteroatoms. The Labute approximate surface area is 420 Å². The Morgan fingerprint density at radius 2 is 0.900 bits per heavy atom. The Hall–Kier alpha value is -2.54. The summed E-state index contributed by atoms with van der Waals surface area (Å²) in [4.78, 5) is 25.8. The average Bonchev–Trinajstić information content (AvgIpc) is 3.35. The fraction of sp³-hybridized carbons (Fsp3) is 0.818. The Morgan fingerprint density at radius 1 is 0.471 bits per heavy atom. The third kappa shape index (κ3) is 29.2. The van der Waals surface area contributed by atoms with E-state index in [2.05, 4.69) is 62.5 Å². The van der Waals surface area contributed by atoms with Crippen LogP contribution in [-0.4, -0.2) is 142 Å². The van der Waals surface area contributed by atoms with Crippen LogP contribution in [0.25, 0.3) is 0 Å². The molecular weight excluding hydrogens is 901 g/mol. The minimum absolute atomic E-state index is 0.146. The second-order valence-corrected chi connectivity index (χ2v) is 19.1. The van der Waals surface area contributed by atoms with E-state index >= 15 is 0 Å². The molecule has 0 bridgehead atoms. The largest absolute Gasteiger partial charge is 0.462 e. The van der Waals surface area contributed by atoms with Gasteiger partial charge in [-0.3, -0.25) is 9.59 Å². The van der Waals surface area contributed by atoms with Crippen LogP contribution in [0, 0.1) is 0 Å². The third-order valence-corrected chi connectivity index (χ3v) is 12.8. The minimum Gasteiger partial charge on any atom is -0.462 e. The highest BCUT2D eigenvalue weighted by molar-refractivity contribution is 5.70. The molecule has 0 spiro atoms. The predicted molar refractivity (Wildman–Crippen MR) is 270 cm³/mol. The van der Waals surface area contributed by atoms with Crippen molar-refractivity contribution < 1.29 is 73.8 Å². The van der Waals surface area contributed by atoms with Gasteiger partial charge in [0.05, 0.1) is 19.8 Å². The van der Waals surface area contributed by atoms with Gasteiger partial charge in [0.2, 0.25) is 0 Å². The molecule has 2 aliphatic heterocycles. The van der Waals surface area contributed by atoms with Crippen LogP contribution in [0.2, 0.25) is 0 Å². The molecule has 11 atom stereocenters. The molecule has 15 nitrogen and oxygen atoms in total. The summed E-state index contributed by atoms with van der Waals surface area (Å²) in [7, 11) is 0. The summed E-state index contributed by atoms with van der Waals surface area (Å²) < 4.78 is 33.6. The maximum absolute atomic E-state index is 13.0. The van der Waals surface area contributed by atoms with Crippen LogP contribution in [0.1, 0.15) is 194 Å². The quantitative estimate of drug-likeness (QED) is 0.0132. The van der Waals surface area contributed by atoms with Crippen molar-refractivity contribution in [3.63, 3.8) is 0 Å². The highest BCUT2D eigenvalue weighted by atomic mass is 16.7. The molecule has 2 aliphatic rings. The van der Waals surface area contributed by atoms with Crippen molar-refractivity contribution in [1.29, 1.82) is 0 Å². The van der Waals surface area contributed by atoms with Crippen molar-refractivity contribution >= 4 is 11.9 Å².